The molecule has 2 aromatic carbocycles. The van der Waals surface area contributed by atoms with Gasteiger partial charge in [-0.15, -0.1) is 0 Å². The van der Waals surface area contributed by atoms with Gasteiger partial charge in [0.1, 0.15) is 0 Å². The number of carbonyl (C=O) groups is 2. The Morgan fingerprint density at radius 2 is 1.42 bits per heavy atom. The first-order chi connectivity index (χ1) is 12.4. The van der Waals surface area contributed by atoms with Crippen molar-refractivity contribution in [3.63, 3.8) is 0 Å². The molecule has 0 amide bonds. The van der Waals surface area contributed by atoms with Crippen LogP contribution in [0.25, 0.3) is 0 Å². The highest BCUT2D eigenvalue weighted by molar-refractivity contribution is 9.10. The molecular formula is C19H21BrN2O4. The van der Waals surface area contributed by atoms with Crippen LogP contribution in [0.4, 0.5) is 11.4 Å². The maximum atomic E-state index is 11.3. The number of halogens is 1. The Balaban J connectivity index is 0.000000190. The predicted molar refractivity (Wildman–Crippen MR) is 104 cm³/mol. The smallest absolute Gasteiger partial charge is 0.339 e. The Hall–Kier alpha value is -2.54. The van der Waals surface area contributed by atoms with Crippen molar-refractivity contribution in [2.75, 3.05) is 25.7 Å². The van der Waals surface area contributed by atoms with E-state index in [2.05, 4.69) is 25.4 Å². The standard InChI is InChI=1S/C11H13NO2.C8H8BrNO2/c1-14-11(13)9-6-8(7-2-3-7)4-5-10(9)12;1-12-8(11)6-4-5(9)2-3-7(6)10/h4-7H,2-3,12H2,1H3;2-4H,10H2,1H3. The van der Waals surface area contributed by atoms with Crippen LogP contribution in [0.1, 0.15) is 45.0 Å². The van der Waals surface area contributed by atoms with Crippen molar-refractivity contribution < 1.29 is 19.1 Å². The molecule has 1 aliphatic rings. The van der Waals surface area contributed by atoms with Gasteiger partial charge in [-0.3, -0.25) is 0 Å². The van der Waals surface area contributed by atoms with Crippen LogP contribution in [0.15, 0.2) is 40.9 Å². The van der Waals surface area contributed by atoms with Gasteiger partial charge in [-0.1, -0.05) is 22.0 Å². The third-order valence-corrected chi connectivity index (χ3v) is 4.45. The van der Waals surface area contributed by atoms with E-state index in [1.54, 1.807) is 24.3 Å². The Labute approximate surface area is 160 Å². The fraction of sp³-hybridized carbons (Fsp3) is 0.263. The summed E-state index contributed by atoms with van der Waals surface area (Å²) in [6, 6.07) is 10.7. The molecule has 3 rings (SSSR count). The van der Waals surface area contributed by atoms with Crippen LogP contribution in [0, 0.1) is 0 Å². The van der Waals surface area contributed by atoms with E-state index < -0.39 is 5.97 Å². The fourth-order valence-electron chi connectivity index (χ4n) is 2.35. The van der Waals surface area contributed by atoms with Crippen LogP contribution >= 0.6 is 15.9 Å². The minimum Gasteiger partial charge on any atom is -0.465 e. The zero-order valence-corrected chi connectivity index (χ0v) is 16.2. The summed E-state index contributed by atoms with van der Waals surface area (Å²) in [6.45, 7) is 0. The normalized spacial score (nSPS) is 12.6. The van der Waals surface area contributed by atoms with Gasteiger partial charge in [0.25, 0.3) is 0 Å². The number of anilines is 2. The van der Waals surface area contributed by atoms with Gasteiger partial charge >= 0.3 is 11.9 Å². The van der Waals surface area contributed by atoms with E-state index in [-0.39, 0.29) is 5.97 Å². The van der Waals surface area contributed by atoms with Crippen LogP contribution in [-0.2, 0) is 9.47 Å². The number of esters is 2. The highest BCUT2D eigenvalue weighted by Crippen LogP contribution is 2.40. The van der Waals surface area contributed by atoms with Crippen molar-refractivity contribution in [2.24, 2.45) is 0 Å². The first kappa shape index (κ1) is 19.8. The molecule has 1 saturated carbocycles. The lowest BCUT2D eigenvalue weighted by Crippen LogP contribution is -2.06. The molecule has 0 atom stereocenters. The number of rotatable bonds is 3. The third kappa shape index (κ3) is 4.98. The van der Waals surface area contributed by atoms with Crippen LogP contribution in [0.3, 0.4) is 0 Å². The number of methoxy groups -OCH3 is 2. The highest BCUT2D eigenvalue weighted by atomic mass is 79.9. The molecular weight excluding hydrogens is 400 g/mol. The van der Waals surface area contributed by atoms with Crippen molar-refractivity contribution in [3.8, 4) is 0 Å². The summed E-state index contributed by atoms with van der Waals surface area (Å²) in [6.07, 6.45) is 2.43. The molecule has 0 aliphatic heterocycles. The van der Waals surface area contributed by atoms with E-state index in [9.17, 15) is 9.59 Å². The molecule has 2 aromatic rings. The summed E-state index contributed by atoms with van der Waals surface area (Å²) in [5.74, 6) is -0.155. The van der Waals surface area contributed by atoms with E-state index in [4.69, 9.17) is 11.5 Å². The van der Waals surface area contributed by atoms with Gasteiger partial charge in [0.15, 0.2) is 0 Å². The zero-order chi connectivity index (χ0) is 19.3. The van der Waals surface area contributed by atoms with Crippen molar-refractivity contribution >= 4 is 39.2 Å². The van der Waals surface area contributed by atoms with E-state index >= 15 is 0 Å². The SMILES string of the molecule is COC(=O)c1cc(Br)ccc1N.COC(=O)c1cc(C2CC2)ccc1N. The molecule has 1 fully saturated rings. The van der Waals surface area contributed by atoms with Crippen LogP contribution in [-0.4, -0.2) is 26.2 Å². The number of hydrogen-bond donors (Lipinski definition) is 2. The number of hydrogen-bond acceptors (Lipinski definition) is 6. The van der Waals surface area contributed by atoms with Crippen LogP contribution in [0.5, 0.6) is 0 Å². The largest absolute Gasteiger partial charge is 0.465 e. The zero-order valence-electron chi connectivity index (χ0n) is 14.6. The predicted octanol–water partition coefficient (Wildman–Crippen LogP) is 3.75. The van der Waals surface area contributed by atoms with Crippen LogP contribution < -0.4 is 11.5 Å². The number of benzene rings is 2. The highest BCUT2D eigenvalue weighted by Gasteiger charge is 2.24. The summed E-state index contributed by atoms with van der Waals surface area (Å²) in [5.41, 5.74) is 14.2. The van der Waals surface area contributed by atoms with Crippen molar-refractivity contribution in [1.82, 2.24) is 0 Å². The first-order valence-corrected chi connectivity index (χ1v) is 8.77. The molecule has 26 heavy (non-hydrogen) atoms. The molecule has 7 heteroatoms. The maximum Gasteiger partial charge on any atom is 0.339 e. The van der Waals surface area contributed by atoms with Gasteiger partial charge < -0.3 is 20.9 Å². The fourth-order valence-corrected chi connectivity index (χ4v) is 2.71. The monoisotopic (exact) mass is 420 g/mol. The van der Waals surface area contributed by atoms with Gasteiger partial charge in [-0.2, -0.15) is 0 Å². The second-order valence-corrected chi connectivity index (χ2v) is 6.75. The summed E-state index contributed by atoms with van der Waals surface area (Å²) < 4.78 is 9.99. The number of carbonyl (C=O) groups excluding carboxylic acids is 2. The maximum absolute atomic E-state index is 11.3. The molecule has 0 saturated heterocycles. The van der Waals surface area contributed by atoms with Gasteiger partial charge in [0, 0.05) is 15.8 Å². The molecule has 6 nitrogen and oxygen atoms in total. The molecule has 0 radical (unpaired) electrons. The third-order valence-electron chi connectivity index (χ3n) is 3.95. The summed E-state index contributed by atoms with van der Waals surface area (Å²) in [7, 11) is 2.69. The van der Waals surface area contributed by atoms with Crippen molar-refractivity contribution in [1.29, 1.82) is 0 Å². The lowest BCUT2D eigenvalue weighted by atomic mass is 10.1. The lowest BCUT2D eigenvalue weighted by Gasteiger charge is -2.05. The molecule has 4 N–H and O–H groups in total. The minimum absolute atomic E-state index is 0.356. The van der Waals surface area contributed by atoms with Gasteiger partial charge in [-0.05, 0) is 54.7 Å². The average Bonchev–Trinajstić information content (AvgIpc) is 3.48. The Kier molecular flexibility index (Phi) is 6.63. The van der Waals surface area contributed by atoms with Crippen molar-refractivity contribution in [3.05, 3.63) is 57.6 Å². The molecule has 0 heterocycles. The molecule has 138 valence electrons. The lowest BCUT2D eigenvalue weighted by molar-refractivity contribution is 0.0593. The topological polar surface area (TPSA) is 105 Å². The second kappa shape index (κ2) is 8.71. The summed E-state index contributed by atoms with van der Waals surface area (Å²) in [4.78, 5) is 22.4. The number of ether oxygens (including phenoxy) is 2. The Morgan fingerprint density at radius 1 is 0.923 bits per heavy atom. The van der Waals surface area contributed by atoms with Crippen LogP contribution in [0.2, 0.25) is 0 Å². The average molecular weight is 421 g/mol. The van der Waals surface area contributed by atoms with E-state index in [1.165, 1.54) is 32.6 Å². The summed E-state index contributed by atoms with van der Waals surface area (Å²) >= 11 is 3.23. The Bertz CT molecular complexity index is 819. The van der Waals surface area contributed by atoms with E-state index in [0.29, 0.717) is 28.4 Å². The number of nitrogen functional groups attached to an aromatic ring is 2. The van der Waals surface area contributed by atoms with E-state index in [1.807, 2.05) is 12.1 Å². The molecule has 0 aromatic heterocycles. The molecule has 0 bridgehead atoms. The molecule has 0 unspecified atom stereocenters. The van der Waals surface area contributed by atoms with E-state index in [0.717, 1.165) is 4.47 Å². The summed E-state index contributed by atoms with van der Waals surface area (Å²) in [5, 5.41) is 0. The van der Waals surface area contributed by atoms with Gasteiger partial charge in [-0.25, -0.2) is 9.59 Å². The molecule has 1 aliphatic carbocycles. The van der Waals surface area contributed by atoms with Crippen molar-refractivity contribution in [2.45, 2.75) is 18.8 Å². The van der Waals surface area contributed by atoms with Gasteiger partial charge in [0.05, 0.1) is 25.3 Å². The Morgan fingerprint density at radius 3 is 1.92 bits per heavy atom. The molecule has 0 spiro atoms. The minimum atomic E-state index is -0.422. The number of nitrogens with two attached hydrogens (primary N) is 2. The quantitative estimate of drug-likeness (QED) is 0.578. The first-order valence-electron chi connectivity index (χ1n) is 7.98. The van der Waals surface area contributed by atoms with Gasteiger partial charge in [0.2, 0.25) is 0 Å². The second-order valence-electron chi connectivity index (χ2n) is 5.84.